The molecule has 2 aromatic carbocycles. The number of hydrogen-bond acceptors (Lipinski definition) is 4. The van der Waals surface area contributed by atoms with Crippen molar-refractivity contribution in [3.05, 3.63) is 76.9 Å². The average Bonchev–Trinajstić information content (AvgIpc) is 2.97. The maximum absolute atomic E-state index is 12.4. The summed E-state index contributed by atoms with van der Waals surface area (Å²) < 4.78 is 5.60. The molecule has 26 heavy (non-hydrogen) atoms. The highest BCUT2D eigenvalue weighted by Crippen LogP contribution is 2.41. The van der Waals surface area contributed by atoms with Crippen molar-refractivity contribution in [1.82, 2.24) is 14.9 Å². The third-order valence-corrected chi connectivity index (χ3v) is 4.99. The van der Waals surface area contributed by atoms with Gasteiger partial charge >= 0.3 is 6.09 Å². The summed E-state index contributed by atoms with van der Waals surface area (Å²) in [5.74, 6) is 1.28. The summed E-state index contributed by atoms with van der Waals surface area (Å²) in [6, 6.07) is 12.5. The summed E-state index contributed by atoms with van der Waals surface area (Å²) in [4.78, 5) is 22.4. The Hall–Kier alpha value is -3.21. The van der Waals surface area contributed by atoms with Crippen molar-refractivity contribution in [1.29, 1.82) is 0 Å². The first kappa shape index (κ1) is 15.1. The Labute approximate surface area is 151 Å². The molecule has 0 spiro atoms. The van der Waals surface area contributed by atoms with Gasteiger partial charge in [0.2, 0.25) is 0 Å². The zero-order valence-electron chi connectivity index (χ0n) is 14.4. The fourth-order valence-corrected chi connectivity index (χ4v) is 3.75. The molecule has 5 nitrogen and oxygen atoms in total. The maximum atomic E-state index is 12.4. The van der Waals surface area contributed by atoms with Gasteiger partial charge in [0.05, 0.1) is 13.1 Å². The summed E-state index contributed by atoms with van der Waals surface area (Å²) >= 11 is 0. The summed E-state index contributed by atoms with van der Waals surface area (Å²) in [5.41, 5.74) is 7.37. The third-order valence-electron chi connectivity index (χ3n) is 4.99. The number of aryl methyl sites for hydroxylation is 1. The van der Waals surface area contributed by atoms with E-state index in [0.717, 1.165) is 12.0 Å². The van der Waals surface area contributed by atoms with Crippen LogP contribution in [0, 0.1) is 6.92 Å². The number of amides is 1. The van der Waals surface area contributed by atoms with Crippen LogP contribution in [0.1, 0.15) is 28.1 Å². The molecule has 0 saturated carbocycles. The minimum Gasteiger partial charge on any atom is -0.410 e. The van der Waals surface area contributed by atoms with Crippen LogP contribution >= 0.6 is 0 Å². The van der Waals surface area contributed by atoms with Gasteiger partial charge < -0.3 is 4.74 Å². The van der Waals surface area contributed by atoms with Gasteiger partial charge in [0, 0.05) is 18.0 Å². The Bertz CT molecular complexity index is 1030. The van der Waals surface area contributed by atoms with E-state index in [0.29, 0.717) is 24.7 Å². The summed E-state index contributed by atoms with van der Waals surface area (Å²) in [6.45, 7) is 2.95. The van der Waals surface area contributed by atoms with Crippen LogP contribution in [0.15, 0.2) is 48.8 Å². The number of hydrogen-bond donors (Lipinski definition) is 0. The van der Waals surface area contributed by atoms with Crippen LogP contribution in [0.3, 0.4) is 0 Å². The lowest BCUT2D eigenvalue weighted by atomic mass is 10.0. The molecule has 128 valence electrons. The first-order valence-corrected chi connectivity index (χ1v) is 8.66. The topological polar surface area (TPSA) is 55.3 Å². The van der Waals surface area contributed by atoms with Gasteiger partial charge in [0.15, 0.2) is 0 Å². The molecule has 1 aliphatic carbocycles. The van der Waals surface area contributed by atoms with Crippen LogP contribution in [0.4, 0.5) is 4.79 Å². The Morgan fingerprint density at radius 3 is 2.69 bits per heavy atom. The summed E-state index contributed by atoms with van der Waals surface area (Å²) in [6.07, 6.45) is 3.89. The van der Waals surface area contributed by atoms with Crippen LogP contribution in [-0.2, 0) is 19.5 Å². The monoisotopic (exact) mass is 343 g/mol. The maximum Gasteiger partial charge on any atom is 0.415 e. The van der Waals surface area contributed by atoms with Crippen molar-refractivity contribution in [2.45, 2.75) is 26.4 Å². The second-order valence-electron chi connectivity index (χ2n) is 6.84. The number of rotatable bonds is 2. The normalized spacial score (nSPS) is 14.5. The molecule has 1 aromatic heterocycles. The van der Waals surface area contributed by atoms with E-state index in [1.807, 2.05) is 6.07 Å². The zero-order valence-corrected chi connectivity index (χ0v) is 14.4. The Morgan fingerprint density at radius 1 is 1.04 bits per heavy atom. The van der Waals surface area contributed by atoms with E-state index < -0.39 is 0 Å². The summed E-state index contributed by atoms with van der Waals surface area (Å²) in [7, 11) is 0. The minimum absolute atomic E-state index is 0.339. The predicted octanol–water partition coefficient (Wildman–Crippen LogP) is 3.87. The smallest absolute Gasteiger partial charge is 0.410 e. The lowest BCUT2D eigenvalue weighted by molar-refractivity contribution is 0.134. The Kier molecular flexibility index (Phi) is 3.28. The number of carbonyl (C=O) groups is 1. The molecule has 0 fully saturated rings. The van der Waals surface area contributed by atoms with Crippen LogP contribution in [0.5, 0.6) is 5.75 Å². The van der Waals surface area contributed by atoms with E-state index in [1.165, 1.54) is 27.8 Å². The molecule has 5 heteroatoms. The molecule has 0 unspecified atom stereocenters. The van der Waals surface area contributed by atoms with Gasteiger partial charge in [-0.3, -0.25) is 4.90 Å². The van der Waals surface area contributed by atoms with Gasteiger partial charge in [-0.25, -0.2) is 14.8 Å². The fraction of sp³-hybridized carbons (Fsp3) is 0.190. The minimum atomic E-state index is -0.351. The number of nitrogens with zero attached hydrogens (tertiary/aromatic N) is 3. The number of ether oxygens (including phenoxy) is 1. The van der Waals surface area contributed by atoms with E-state index in [-0.39, 0.29) is 6.09 Å². The molecule has 2 aliphatic rings. The van der Waals surface area contributed by atoms with Gasteiger partial charge in [-0.2, -0.15) is 0 Å². The lowest BCUT2D eigenvalue weighted by Crippen LogP contribution is -2.37. The molecule has 1 aliphatic heterocycles. The molecule has 2 heterocycles. The van der Waals surface area contributed by atoms with Gasteiger partial charge in [-0.15, -0.1) is 0 Å². The van der Waals surface area contributed by atoms with E-state index in [4.69, 9.17) is 4.74 Å². The number of benzene rings is 2. The first-order valence-electron chi connectivity index (χ1n) is 8.66. The molecule has 0 atom stereocenters. The largest absolute Gasteiger partial charge is 0.415 e. The van der Waals surface area contributed by atoms with Crippen molar-refractivity contribution < 1.29 is 9.53 Å². The first-order chi connectivity index (χ1) is 12.7. The molecule has 0 N–H and O–H groups in total. The highest BCUT2D eigenvalue weighted by molar-refractivity contribution is 5.81. The van der Waals surface area contributed by atoms with E-state index in [1.54, 1.807) is 23.4 Å². The van der Waals surface area contributed by atoms with Crippen LogP contribution in [0.25, 0.3) is 11.1 Å². The highest BCUT2D eigenvalue weighted by Gasteiger charge is 2.29. The highest BCUT2D eigenvalue weighted by atomic mass is 16.6. The molecule has 0 saturated heterocycles. The van der Waals surface area contributed by atoms with Crippen LogP contribution < -0.4 is 4.74 Å². The van der Waals surface area contributed by atoms with Gasteiger partial charge in [0.25, 0.3) is 0 Å². The molecule has 0 bridgehead atoms. The van der Waals surface area contributed by atoms with Crippen molar-refractivity contribution in [3.8, 4) is 16.9 Å². The number of fused-ring (bicyclic) bond motifs is 4. The molecule has 5 rings (SSSR count). The van der Waals surface area contributed by atoms with Crippen LogP contribution in [0.2, 0.25) is 0 Å². The lowest BCUT2D eigenvalue weighted by Gasteiger charge is -2.28. The Balaban J connectivity index is 1.49. The molecule has 1 amide bonds. The van der Waals surface area contributed by atoms with Crippen molar-refractivity contribution in [2.24, 2.45) is 0 Å². The van der Waals surface area contributed by atoms with Gasteiger partial charge in [0.1, 0.15) is 11.6 Å². The van der Waals surface area contributed by atoms with E-state index >= 15 is 0 Å². The fourth-order valence-electron chi connectivity index (χ4n) is 3.75. The van der Waals surface area contributed by atoms with Crippen molar-refractivity contribution in [2.75, 3.05) is 0 Å². The molecular formula is C21H17N3O2. The number of aromatic nitrogens is 2. The second-order valence-corrected chi connectivity index (χ2v) is 6.84. The van der Waals surface area contributed by atoms with Gasteiger partial charge in [-0.1, -0.05) is 23.8 Å². The van der Waals surface area contributed by atoms with E-state index in [9.17, 15) is 4.79 Å². The van der Waals surface area contributed by atoms with Gasteiger partial charge in [-0.05, 0) is 53.8 Å². The molecule has 0 radical (unpaired) electrons. The average molecular weight is 343 g/mol. The van der Waals surface area contributed by atoms with Crippen molar-refractivity contribution in [3.63, 3.8) is 0 Å². The number of carbonyl (C=O) groups excluding carboxylic acids is 1. The quantitative estimate of drug-likeness (QED) is 0.554. The SMILES string of the molecule is Cc1ccc2c(c1)Cc1cc3c(cc1-2)CN(Cc1ncccn1)C(=O)O3. The van der Waals surface area contributed by atoms with Crippen LogP contribution in [-0.4, -0.2) is 21.0 Å². The standard InChI is InChI=1S/C21H17N3O2/c1-13-3-4-17-14(7-13)8-15-10-19-16(9-18(15)17)11-24(21(25)26-19)12-20-22-5-2-6-23-20/h2-7,9-10H,8,11-12H2,1H3. The molecule has 3 aromatic rings. The Morgan fingerprint density at radius 2 is 1.85 bits per heavy atom. The van der Waals surface area contributed by atoms with E-state index in [2.05, 4.69) is 41.2 Å². The zero-order chi connectivity index (χ0) is 17.7. The third kappa shape index (κ3) is 2.44. The second kappa shape index (κ2) is 5.66. The van der Waals surface area contributed by atoms with Crippen molar-refractivity contribution >= 4 is 6.09 Å². The molecular weight excluding hydrogens is 326 g/mol. The predicted molar refractivity (Wildman–Crippen MR) is 96.7 cm³/mol. The summed E-state index contributed by atoms with van der Waals surface area (Å²) in [5, 5.41) is 0.